The number of nitrogens with zero attached hydrogens (tertiary/aromatic N) is 2. The summed E-state index contributed by atoms with van der Waals surface area (Å²) in [5.74, 6) is 7.83. The number of hydrogen-bond donors (Lipinski definition) is 0. The van der Waals surface area contributed by atoms with Gasteiger partial charge in [-0.1, -0.05) is 78.9 Å². The quantitative estimate of drug-likeness (QED) is 0.118. The van der Waals surface area contributed by atoms with Crippen LogP contribution in [0.25, 0.3) is 66.7 Å². The molecule has 0 bridgehead atoms. The van der Waals surface area contributed by atoms with E-state index in [1.165, 1.54) is 32.2 Å². The van der Waals surface area contributed by atoms with Crippen molar-refractivity contribution in [1.82, 2.24) is 9.97 Å². The molecule has 267 valence electrons. The van der Waals surface area contributed by atoms with Crippen LogP contribution < -0.4 is 4.40 Å². The molecule has 0 saturated carbocycles. The zero-order valence-electron chi connectivity index (χ0n) is 31.2. The molecule has 0 spiro atoms. The van der Waals surface area contributed by atoms with Crippen LogP contribution in [-0.4, -0.2) is 23.2 Å². The maximum absolute atomic E-state index is 6.35. The van der Waals surface area contributed by atoms with Crippen molar-refractivity contribution >= 4 is 39.6 Å². The number of pyridine rings is 2. The van der Waals surface area contributed by atoms with Gasteiger partial charge in [-0.25, -0.2) is 0 Å². The number of furan rings is 1. The number of aryl methyl sites for hydroxylation is 1. The average molecular weight is 930 g/mol. The normalized spacial score (nSPS) is 11.3. The van der Waals surface area contributed by atoms with Crippen LogP contribution in [0.15, 0.2) is 144 Å². The third-order valence-corrected chi connectivity index (χ3v) is 13.9. The Balaban J connectivity index is 0.000000183. The van der Waals surface area contributed by atoms with E-state index in [0.717, 1.165) is 56.4 Å². The molecule has 0 N–H and O–H groups in total. The van der Waals surface area contributed by atoms with Gasteiger partial charge in [0.1, 0.15) is 5.58 Å². The van der Waals surface area contributed by atoms with Gasteiger partial charge in [0.25, 0.3) is 0 Å². The summed E-state index contributed by atoms with van der Waals surface area (Å²) in [5.41, 5.74) is 13.1. The van der Waals surface area contributed by atoms with Crippen molar-refractivity contribution in [3.05, 3.63) is 163 Å². The fraction of sp³-hybridized carbons (Fsp3) is 0.167. The molecule has 0 aliphatic rings. The molecule has 0 aliphatic carbocycles. The van der Waals surface area contributed by atoms with Gasteiger partial charge in [0.05, 0.1) is 5.58 Å². The second-order valence-electron chi connectivity index (χ2n) is 14.9. The van der Waals surface area contributed by atoms with E-state index in [2.05, 4.69) is 164 Å². The molecule has 3 heterocycles. The Hall–Kier alpha value is -4.61. The zero-order chi connectivity index (χ0) is 36.2. The SMILES string of the molecule is CC(C)Cc1ccnc(-c2[c-]ccc3c2oc2cc(-c4ccccc4)ccc23)c1.Cc1cc(-c2[c-]ccc(-c3ccccc3)c2)nc[c]1[Ge]([CH3])([CH3])[CH3].[Ir]. The van der Waals surface area contributed by atoms with E-state index in [9.17, 15) is 0 Å². The second-order valence-corrected chi connectivity index (χ2v) is 25.5. The van der Waals surface area contributed by atoms with Crippen molar-refractivity contribution in [3.8, 4) is 44.8 Å². The van der Waals surface area contributed by atoms with E-state index in [0.29, 0.717) is 5.92 Å². The third-order valence-electron chi connectivity index (χ3n) is 9.37. The first-order valence-corrected chi connectivity index (χ1v) is 25.4. The Morgan fingerprint density at radius 1 is 0.660 bits per heavy atom. The van der Waals surface area contributed by atoms with Crippen LogP contribution in [0.3, 0.4) is 0 Å². The topological polar surface area (TPSA) is 38.9 Å². The summed E-state index contributed by atoms with van der Waals surface area (Å²) < 4.78 is 7.83. The van der Waals surface area contributed by atoms with Gasteiger partial charge >= 0.3 is 142 Å². The molecular formula is C48H44GeIrN2O-2. The molecule has 53 heavy (non-hydrogen) atoms. The predicted molar refractivity (Wildman–Crippen MR) is 221 cm³/mol. The van der Waals surface area contributed by atoms with E-state index in [4.69, 9.17) is 9.40 Å². The van der Waals surface area contributed by atoms with Crippen LogP contribution >= 0.6 is 0 Å². The number of rotatable bonds is 7. The van der Waals surface area contributed by atoms with E-state index in [-0.39, 0.29) is 20.1 Å². The van der Waals surface area contributed by atoms with Crippen LogP contribution in [0.2, 0.25) is 17.3 Å². The molecule has 0 atom stereocenters. The summed E-state index contributed by atoms with van der Waals surface area (Å²) in [4.78, 5) is 9.34. The Bertz CT molecular complexity index is 2470. The summed E-state index contributed by atoms with van der Waals surface area (Å²) in [6.07, 6.45) is 5.01. The summed E-state index contributed by atoms with van der Waals surface area (Å²) >= 11 is -1.85. The maximum Gasteiger partial charge on any atom is 0 e. The van der Waals surface area contributed by atoms with Gasteiger partial charge in [-0.3, -0.25) is 0 Å². The molecule has 0 amide bonds. The van der Waals surface area contributed by atoms with Crippen molar-refractivity contribution in [2.45, 2.75) is 44.5 Å². The van der Waals surface area contributed by atoms with Crippen LogP contribution in [-0.2, 0) is 26.5 Å². The average Bonchev–Trinajstić information content (AvgIpc) is 3.53. The standard InChI is InChI=1S/C27H22NO.C21H22GeN.Ir/c1-18(2)15-19-13-14-28-25(16-19)24-10-6-9-23-22-12-11-21(17-26(22)29-27(23)24)20-7-4-3-5-8-20;1-16-13-21(23-15-20(16)22(2,3)4)19-12-8-11-18(14-19)17-9-6-5-7-10-17;/h3-9,11-14,16-18H,15H2,1-2H3;5-11,13-15H,1-4H3;/q2*-1;. The van der Waals surface area contributed by atoms with E-state index >= 15 is 0 Å². The van der Waals surface area contributed by atoms with Crippen molar-refractivity contribution in [2.24, 2.45) is 5.92 Å². The summed E-state index contributed by atoms with van der Waals surface area (Å²) in [6, 6.07) is 50.7. The molecule has 8 aromatic rings. The number of aromatic nitrogens is 2. The molecule has 3 nitrogen and oxygen atoms in total. The van der Waals surface area contributed by atoms with Crippen LogP contribution in [0.1, 0.15) is 25.0 Å². The van der Waals surface area contributed by atoms with Crippen molar-refractivity contribution in [1.29, 1.82) is 0 Å². The van der Waals surface area contributed by atoms with Gasteiger partial charge in [0, 0.05) is 31.7 Å². The van der Waals surface area contributed by atoms with E-state index in [1.807, 2.05) is 30.5 Å². The molecule has 5 aromatic carbocycles. The molecular weight excluding hydrogens is 885 g/mol. The Morgan fingerprint density at radius 2 is 1.34 bits per heavy atom. The Morgan fingerprint density at radius 3 is 2.00 bits per heavy atom. The minimum atomic E-state index is -1.85. The zero-order valence-corrected chi connectivity index (χ0v) is 35.7. The molecule has 0 unspecified atom stereocenters. The summed E-state index contributed by atoms with van der Waals surface area (Å²) in [6.45, 7) is 6.67. The molecule has 0 aliphatic heterocycles. The number of fused-ring (bicyclic) bond motifs is 3. The summed E-state index contributed by atoms with van der Waals surface area (Å²) in [5, 5.41) is 2.22. The van der Waals surface area contributed by atoms with Gasteiger partial charge < -0.3 is 9.40 Å². The first-order chi connectivity index (χ1) is 25.1. The maximum atomic E-state index is 6.35. The minimum absolute atomic E-state index is 0. The largest absolute Gasteiger partial charge is 0 e. The van der Waals surface area contributed by atoms with Crippen LogP contribution in [0.4, 0.5) is 0 Å². The Labute approximate surface area is 330 Å². The van der Waals surface area contributed by atoms with Crippen LogP contribution in [0, 0.1) is 25.0 Å². The van der Waals surface area contributed by atoms with Gasteiger partial charge in [-0.15, -0.1) is 18.2 Å². The number of hydrogen-bond acceptors (Lipinski definition) is 3. The fourth-order valence-corrected chi connectivity index (χ4v) is 10.4. The molecule has 5 heteroatoms. The fourth-order valence-electron chi connectivity index (χ4n) is 6.86. The van der Waals surface area contributed by atoms with Crippen LogP contribution in [0.5, 0.6) is 0 Å². The Kier molecular flexibility index (Phi) is 11.9. The van der Waals surface area contributed by atoms with Crippen molar-refractivity contribution < 1.29 is 24.5 Å². The second kappa shape index (κ2) is 16.6. The first-order valence-electron chi connectivity index (χ1n) is 18.1. The van der Waals surface area contributed by atoms with Crippen molar-refractivity contribution in [3.63, 3.8) is 0 Å². The molecule has 1 radical (unpaired) electrons. The molecule has 0 saturated heterocycles. The molecule has 8 rings (SSSR count). The van der Waals surface area contributed by atoms with Gasteiger partial charge in [-0.05, 0) is 41.3 Å². The van der Waals surface area contributed by atoms with Gasteiger partial charge in [-0.2, -0.15) is 0 Å². The van der Waals surface area contributed by atoms with E-state index in [1.54, 1.807) is 0 Å². The van der Waals surface area contributed by atoms with Crippen molar-refractivity contribution in [2.75, 3.05) is 0 Å². The molecule has 3 aromatic heterocycles. The monoisotopic (exact) mass is 931 g/mol. The van der Waals surface area contributed by atoms with Gasteiger partial charge in [0.15, 0.2) is 0 Å². The first kappa shape index (κ1) is 38.1. The number of benzene rings is 5. The predicted octanol–water partition coefficient (Wildman–Crippen LogP) is 12.4. The molecule has 0 fully saturated rings. The third kappa shape index (κ3) is 8.79. The smallest absolute Gasteiger partial charge is 0 e. The summed E-state index contributed by atoms with van der Waals surface area (Å²) in [7, 11) is 0. The van der Waals surface area contributed by atoms with E-state index < -0.39 is 13.3 Å². The minimum Gasteiger partial charge on any atom is 0 e. The van der Waals surface area contributed by atoms with Gasteiger partial charge in [0.2, 0.25) is 0 Å².